The number of imidazole rings is 1. The average Bonchev–Trinajstić information content (AvgIpc) is 2.88. The molecule has 0 radical (unpaired) electrons. The van der Waals surface area contributed by atoms with Crippen LogP contribution in [0.3, 0.4) is 0 Å². The lowest BCUT2D eigenvalue weighted by molar-refractivity contribution is -0.137. The molecule has 0 spiro atoms. The minimum Gasteiger partial charge on any atom is -0.463 e. The van der Waals surface area contributed by atoms with Gasteiger partial charge in [-0.2, -0.15) is 0 Å². The van der Waals surface area contributed by atoms with Gasteiger partial charge < -0.3 is 4.74 Å². The van der Waals surface area contributed by atoms with Gasteiger partial charge in [0.2, 0.25) is 0 Å². The van der Waals surface area contributed by atoms with Crippen molar-refractivity contribution in [3.8, 4) is 0 Å². The summed E-state index contributed by atoms with van der Waals surface area (Å²) in [6.45, 7) is 2.50. The molecule has 2 aromatic rings. The summed E-state index contributed by atoms with van der Waals surface area (Å²) in [5, 5.41) is 2.30. The van der Waals surface area contributed by atoms with Crippen molar-refractivity contribution in [3.63, 3.8) is 0 Å². The van der Waals surface area contributed by atoms with E-state index in [-0.39, 0.29) is 5.97 Å². The van der Waals surface area contributed by atoms with E-state index in [1.54, 1.807) is 6.08 Å². The average molecular weight is 285 g/mol. The van der Waals surface area contributed by atoms with Gasteiger partial charge in [0.15, 0.2) is 10.1 Å². The molecular weight excluding hydrogens is 272 g/mol. The third-order valence-corrected chi connectivity index (χ3v) is 3.41. The molecule has 0 saturated heterocycles. The van der Waals surface area contributed by atoms with E-state index in [1.165, 1.54) is 17.4 Å². The van der Waals surface area contributed by atoms with Gasteiger partial charge in [0.1, 0.15) is 0 Å². The summed E-state index contributed by atoms with van der Waals surface area (Å²) in [6, 6.07) is 0. The Hall–Kier alpha value is -1.33. The summed E-state index contributed by atoms with van der Waals surface area (Å²) in [4.78, 5) is 16.4. The Morgan fingerprint density at radius 3 is 3.28 bits per heavy atom. The van der Waals surface area contributed by atoms with Crippen LogP contribution in [-0.4, -0.2) is 22.0 Å². The fraction of sp³-hybridized carbons (Fsp3) is 0.333. The normalized spacial score (nSPS) is 11.4. The lowest BCUT2D eigenvalue weighted by atomic mass is 10.3. The number of esters is 1. The Morgan fingerprint density at radius 1 is 1.67 bits per heavy atom. The maximum absolute atomic E-state index is 11.4. The molecule has 0 fully saturated rings. The van der Waals surface area contributed by atoms with Crippen LogP contribution in [0.25, 0.3) is 11.0 Å². The van der Waals surface area contributed by atoms with Crippen LogP contribution >= 0.6 is 22.9 Å². The van der Waals surface area contributed by atoms with E-state index in [4.69, 9.17) is 16.3 Å². The van der Waals surface area contributed by atoms with Crippen LogP contribution in [0.1, 0.15) is 25.5 Å². The molecule has 0 unspecified atom stereocenters. The van der Waals surface area contributed by atoms with Crippen molar-refractivity contribution in [1.29, 1.82) is 0 Å². The highest BCUT2D eigenvalue weighted by Gasteiger charge is 2.08. The molecule has 2 aromatic heterocycles. The van der Waals surface area contributed by atoms with Crippen molar-refractivity contribution in [3.05, 3.63) is 28.5 Å². The van der Waals surface area contributed by atoms with Crippen molar-refractivity contribution in [2.45, 2.75) is 19.8 Å². The van der Waals surface area contributed by atoms with Crippen LogP contribution in [0.2, 0.25) is 5.15 Å². The Labute approximate surface area is 114 Å². The zero-order valence-electron chi connectivity index (χ0n) is 9.93. The number of ether oxygens (including phenoxy) is 1. The Bertz CT molecular complexity index is 574. The molecule has 4 nitrogen and oxygen atoms in total. The van der Waals surface area contributed by atoms with Gasteiger partial charge in [-0.3, -0.25) is 4.40 Å². The molecule has 2 heterocycles. The summed E-state index contributed by atoms with van der Waals surface area (Å²) < 4.78 is 6.85. The van der Waals surface area contributed by atoms with Gasteiger partial charge in [-0.25, -0.2) is 9.78 Å². The van der Waals surface area contributed by atoms with Crippen molar-refractivity contribution < 1.29 is 9.53 Å². The SMILES string of the molecule is CCCCOC(=O)/C=C/c1c(Cl)nc2sccn12. The predicted octanol–water partition coefficient (Wildman–Crippen LogP) is 3.41. The second-order valence-electron chi connectivity index (χ2n) is 3.70. The van der Waals surface area contributed by atoms with Crippen molar-refractivity contribution in [2.75, 3.05) is 6.61 Å². The van der Waals surface area contributed by atoms with Crippen LogP contribution in [0.4, 0.5) is 0 Å². The van der Waals surface area contributed by atoms with Crippen molar-refractivity contribution >= 4 is 39.9 Å². The van der Waals surface area contributed by atoms with Gasteiger partial charge in [-0.05, 0) is 12.5 Å². The van der Waals surface area contributed by atoms with E-state index in [9.17, 15) is 4.79 Å². The molecule has 0 N–H and O–H groups in total. The standard InChI is InChI=1S/C12H13ClN2O2S/c1-2-3-7-17-10(16)5-4-9-11(13)14-12-15(9)6-8-18-12/h4-6,8H,2-3,7H2,1H3/b5-4+. The first-order valence-electron chi connectivity index (χ1n) is 5.68. The topological polar surface area (TPSA) is 43.6 Å². The largest absolute Gasteiger partial charge is 0.463 e. The fourth-order valence-corrected chi connectivity index (χ4v) is 2.44. The van der Waals surface area contributed by atoms with Gasteiger partial charge in [-0.1, -0.05) is 24.9 Å². The fourth-order valence-electron chi connectivity index (χ4n) is 1.44. The minimum absolute atomic E-state index is 0.357. The van der Waals surface area contributed by atoms with Gasteiger partial charge in [0, 0.05) is 17.7 Å². The summed E-state index contributed by atoms with van der Waals surface area (Å²) in [5.41, 5.74) is 0.695. The number of aromatic nitrogens is 2. The number of hydrogen-bond acceptors (Lipinski definition) is 4. The smallest absolute Gasteiger partial charge is 0.330 e. The number of nitrogens with zero attached hydrogens (tertiary/aromatic N) is 2. The maximum atomic E-state index is 11.4. The first-order chi connectivity index (χ1) is 8.72. The Morgan fingerprint density at radius 2 is 2.50 bits per heavy atom. The second kappa shape index (κ2) is 6.02. The number of carbonyl (C=O) groups is 1. The number of hydrogen-bond donors (Lipinski definition) is 0. The lowest BCUT2D eigenvalue weighted by Crippen LogP contribution is -2.01. The van der Waals surface area contributed by atoms with Gasteiger partial charge in [0.25, 0.3) is 0 Å². The number of rotatable bonds is 5. The molecule has 0 aromatic carbocycles. The third-order valence-electron chi connectivity index (χ3n) is 2.37. The lowest BCUT2D eigenvalue weighted by Gasteiger charge is -1.98. The van der Waals surface area contributed by atoms with Gasteiger partial charge in [0.05, 0.1) is 12.3 Å². The number of carbonyl (C=O) groups excluding carboxylic acids is 1. The van der Waals surface area contributed by atoms with Crippen LogP contribution in [0.5, 0.6) is 0 Å². The number of thiazole rings is 1. The Kier molecular flexibility index (Phi) is 4.38. The van der Waals surface area contributed by atoms with E-state index in [0.29, 0.717) is 17.5 Å². The molecule has 6 heteroatoms. The molecule has 18 heavy (non-hydrogen) atoms. The maximum Gasteiger partial charge on any atom is 0.330 e. The van der Waals surface area contributed by atoms with Crippen LogP contribution < -0.4 is 0 Å². The summed E-state index contributed by atoms with van der Waals surface area (Å²) in [7, 11) is 0. The highest BCUT2D eigenvalue weighted by molar-refractivity contribution is 7.15. The third kappa shape index (κ3) is 2.91. The molecule has 0 amide bonds. The zero-order chi connectivity index (χ0) is 13.0. The molecule has 0 bridgehead atoms. The number of unbranched alkanes of at least 4 members (excludes halogenated alkanes) is 1. The van der Waals surface area contributed by atoms with E-state index in [2.05, 4.69) is 4.98 Å². The van der Waals surface area contributed by atoms with Crippen LogP contribution in [0, 0.1) is 0 Å². The molecule has 0 atom stereocenters. The Balaban J connectivity index is 2.06. The minimum atomic E-state index is -0.357. The summed E-state index contributed by atoms with van der Waals surface area (Å²) >= 11 is 7.48. The molecular formula is C12H13ClN2O2S. The second-order valence-corrected chi connectivity index (χ2v) is 4.93. The van der Waals surface area contributed by atoms with E-state index in [0.717, 1.165) is 17.8 Å². The monoisotopic (exact) mass is 284 g/mol. The number of halogens is 1. The highest BCUT2D eigenvalue weighted by Crippen LogP contribution is 2.22. The van der Waals surface area contributed by atoms with Crippen LogP contribution in [0.15, 0.2) is 17.7 Å². The van der Waals surface area contributed by atoms with Crippen molar-refractivity contribution in [1.82, 2.24) is 9.38 Å². The molecule has 96 valence electrons. The summed E-state index contributed by atoms with van der Waals surface area (Å²) in [5.74, 6) is -0.357. The first-order valence-corrected chi connectivity index (χ1v) is 6.94. The molecule has 0 aliphatic heterocycles. The molecule has 0 aliphatic carbocycles. The van der Waals surface area contributed by atoms with Gasteiger partial charge >= 0.3 is 5.97 Å². The van der Waals surface area contributed by atoms with Crippen molar-refractivity contribution in [2.24, 2.45) is 0 Å². The number of fused-ring (bicyclic) bond motifs is 1. The summed E-state index contributed by atoms with van der Waals surface area (Å²) in [6.07, 6.45) is 6.75. The van der Waals surface area contributed by atoms with Gasteiger partial charge in [-0.15, -0.1) is 11.3 Å². The highest BCUT2D eigenvalue weighted by atomic mass is 35.5. The van der Waals surface area contributed by atoms with E-state index < -0.39 is 0 Å². The quantitative estimate of drug-likeness (QED) is 0.480. The van der Waals surface area contributed by atoms with E-state index >= 15 is 0 Å². The molecule has 2 rings (SSSR count). The zero-order valence-corrected chi connectivity index (χ0v) is 11.5. The molecule has 0 aliphatic rings. The van der Waals surface area contributed by atoms with Crippen LogP contribution in [-0.2, 0) is 9.53 Å². The first kappa shape index (κ1) is 13.1. The van der Waals surface area contributed by atoms with E-state index in [1.807, 2.05) is 22.9 Å². The molecule has 0 saturated carbocycles. The predicted molar refractivity (Wildman–Crippen MR) is 73.0 cm³/mol.